The first kappa shape index (κ1) is 8.30. The Morgan fingerprint density at radius 1 is 1.54 bits per heavy atom. The van der Waals surface area contributed by atoms with Gasteiger partial charge in [0.25, 0.3) is 0 Å². The molecule has 1 fully saturated rings. The molecule has 0 aromatic carbocycles. The summed E-state index contributed by atoms with van der Waals surface area (Å²) in [5, 5.41) is 0. The van der Waals surface area contributed by atoms with Crippen molar-refractivity contribution in [3.8, 4) is 0 Å². The van der Waals surface area contributed by atoms with E-state index in [0.29, 0.717) is 5.92 Å². The molecule has 0 amide bonds. The maximum Gasteiger partial charge on any atom is 0.128 e. The summed E-state index contributed by atoms with van der Waals surface area (Å²) in [7, 11) is 0. The van der Waals surface area contributed by atoms with Gasteiger partial charge in [0, 0.05) is 19.3 Å². The van der Waals surface area contributed by atoms with E-state index in [1.807, 2.05) is 24.4 Å². The van der Waals surface area contributed by atoms with Crippen molar-refractivity contribution in [3.05, 3.63) is 37.1 Å². The van der Waals surface area contributed by atoms with Crippen molar-refractivity contribution >= 4 is 5.82 Å². The van der Waals surface area contributed by atoms with Gasteiger partial charge in [-0.1, -0.05) is 12.1 Å². The standard InChI is InChI=1S/C11H14N2/c1-2-10-6-8-13(9-10)11-5-3-4-7-12-11/h2-5,7,10H,1,6,8-9H2. The van der Waals surface area contributed by atoms with Crippen LogP contribution in [0.4, 0.5) is 5.82 Å². The fourth-order valence-electron chi connectivity index (χ4n) is 1.73. The topological polar surface area (TPSA) is 16.1 Å². The Kier molecular flexibility index (Phi) is 2.30. The smallest absolute Gasteiger partial charge is 0.128 e. The third kappa shape index (κ3) is 1.72. The Bertz CT molecular complexity index is 281. The Balaban J connectivity index is 2.08. The highest BCUT2D eigenvalue weighted by Gasteiger charge is 2.20. The molecule has 68 valence electrons. The summed E-state index contributed by atoms with van der Waals surface area (Å²) in [6.45, 7) is 6.00. The predicted octanol–water partition coefficient (Wildman–Crippen LogP) is 2.09. The van der Waals surface area contributed by atoms with Crippen molar-refractivity contribution in [2.24, 2.45) is 5.92 Å². The van der Waals surface area contributed by atoms with Gasteiger partial charge in [-0.05, 0) is 24.5 Å². The molecule has 1 atom stereocenters. The summed E-state index contributed by atoms with van der Waals surface area (Å²) in [4.78, 5) is 6.63. The van der Waals surface area contributed by atoms with Crippen LogP contribution >= 0.6 is 0 Å². The van der Waals surface area contributed by atoms with Crippen molar-refractivity contribution in [2.75, 3.05) is 18.0 Å². The number of rotatable bonds is 2. The van der Waals surface area contributed by atoms with Gasteiger partial charge in [0.2, 0.25) is 0 Å². The molecule has 0 radical (unpaired) electrons. The molecule has 13 heavy (non-hydrogen) atoms. The molecule has 0 bridgehead atoms. The first-order valence-electron chi connectivity index (χ1n) is 4.68. The second kappa shape index (κ2) is 3.60. The summed E-state index contributed by atoms with van der Waals surface area (Å²) in [6, 6.07) is 6.04. The molecule has 1 aromatic rings. The lowest BCUT2D eigenvalue weighted by atomic mass is 10.1. The molecule has 2 heterocycles. The van der Waals surface area contributed by atoms with Gasteiger partial charge < -0.3 is 4.90 Å². The highest BCUT2D eigenvalue weighted by Crippen LogP contribution is 2.21. The van der Waals surface area contributed by atoms with Crippen LogP contribution in [0.25, 0.3) is 0 Å². The number of hydrogen-bond donors (Lipinski definition) is 0. The zero-order chi connectivity index (χ0) is 9.10. The van der Waals surface area contributed by atoms with Crippen LogP contribution in [-0.4, -0.2) is 18.1 Å². The van der Waals surface area contributed by atoms with E-state index in [9.17, 15) is 0 Å². The van der Waals surface area contributed by atoms with Crippen molar-refractivity contribution < 1.29 is 0 Å². The minimum Gasteiger partial charge on any atom is -0.356 e. The van der Waals surface area contributed by atoms with E-state index >= 15 is 0 Å². The normalized spacial score (nSPS) is 21.8. The van der Waals surface area contributed by atoms with Crippen LogP contribution in [0.1, 0.15) is 6.42 Å². The molecule has 0 aliphatic carbocycles. The van der Waals surface area contributed by atoms with Gasteiger partial charge in [-0.15, -0.1) is 6.58 Å². The van der Waals surface area contributed by atoms with Crippen LogP contribution in [-0.2, 0) is 0 Å². The highest BCUT2D eigenvalue weighted by atomic mass is 15.2. The van der Waals surface area contributed by atoms with Crippen LogP contribution < -0.4 is 4.90 Å². The second-order valence-corrected chi connectivity index (χ2v) is 3.42. The molecule has 1 saturated heterocycles. The van der Waals surface area contributed by atoms with Gasteiger partial charge in [0.05, 0.1) is 0 Å². The van der Waals surface area contributed by atoms with Crippen molar-refractivity contribution in [1.29, 1.82) is 0 Å². The molecule has 0 N–H and O–H groups in total. The average Bonchev–Trinajstić information content (AvgIpc) is 2.67. The monoisotopic (exact) mass is 174 g/mol. The second-order valence-electron chi connectivity index (χ2n) is 3.42. The summed E-state index contributed by atoms with van der Waals surface area (Å²) >= 11 is 0. The van der Waals surface area contributed by atoms with E-state index < -0.39 is 0 Å². The lowest BCUT2D eigenvalue weighted by molar-refractivity contribution is 0.740. The molecular formula is C11H14N2. The van der Waals surface area contributed by atoms with Crippen LogP contribution in [0.2, 0.25) is 0 Å². The molecule has 0 saturated carbocycles. The van der Waals surface area contributed by atoms with Gasteiger partial charge in [-0.3, -0.25) is 0 Å². The van der Waals surface area contributed by atoms with Crippen molar-refractivity contribution in [2.45, 2.75) is 6.42 Å². The number of hydrogen-bond acceptors (Lipinski definition) is 2. The Hall–Kier alpha value is -1.31. The third-order valence-electron chi connectivity index (χ3n) is 2.53. The van der Waals surface area contributed by atoms with E-state index in [1.54, 1.807) is 0 Å². The lowest BCUT2D eigenvalue weighted by Gasteiger charge is -2.16. The summed E-state index contributed by atoms with van der Waals surface area (Å²) < 4.78 is 0. The first-order chi connectivity index (χ1) is 6.40. The summed E-state index contributed by atoms with van der Waals surface area (Å²) in [5.41, 5.74) is 0. The largest absolute Gasteiger partial charge is 0.356 e. The minimum absolute atomic E-state index is 0.641. The number of aromatic nitrogens is 1. The van der Waals surface area contributed by atoms with Crippen LogP contribution in [0.15, 0.2) is 37.1 Å². The maximum atomic E-state index is 4.32. The van der Waals surface area contributed by atoms with Crippen LogP contribution in [0.5, 0.6) is 0 Å². The highest BCUT2D eigenvalue weighted by molar-refractivity contribution is 5.39. The van der Waals surface area contributed by atoms with Gasteiger partial charge in [-0.25, -0.2) is 4.98 Å². The Morgan fingerprint density at radius 3 is 3.08 bits per heavy atom. The Morgan fingerprint density at radius 2 is 2.46 bits per heavy atom. The first-order valence-corrected chi connectivity index (χ1v) is 4.68. The molecule has 1 aliphatic rings. The summed E-state index contributed by atoms with van der Waals surface area (Å²) in [5.74, 6) is 1.73. The average molecular weight is 174 g/mol. The molecule has 2 nitrogen and oxygen atoms in total. The molecule has 2 rings (SSSR count). The zero-order valence-electron chi connectivity index (χ0n) is 7.69. The quantitative estimate of drug-likeness (QED) is 0.638. The van der Waals surface area contributed by atoms with Gasteiger partial charge in [0.15, 0.2) is 0 Å². The molecule has 1 aromatic heterocycles. The lowest BCUT2D eigenvalue weighted by Crippen LogP contribution is -2.19. The van der Waals surface area contributed by atoms with Crippen LogP contribution in [0.3, 0.4) is 0 Å². The van der Waals surface area contributed by atoms with Crippen LogP contribution in [0, 0.1) is 5.92 Å². The molecule has 2 heteroatoms. The van der Waals surface area contributed by atoms with E-state index in [1.165, 1.54) is 6.42 Å². The fourth-order valence-corrected chi connectivity index (χ4v) is 1.73. The van der Waals surface area contributed by atoms with Gasteiger partial charge in [-0.2, -0.15) is 0 Å². The van der Waals surface area contributed by atoms with E-state index in [-0.39, 0.29) is 0 Å². The SMILES string of the molecule is C=CC1CCN(c2ccccn2)C1. The summed E-state index contributed by atoms with van der Waals surface area (Å²) in [6.07, 6.45) is 5.10. The number of nitrogens with zero attached hydrogens (tertiary/aromatic N) is 2. The van der Waals surface area contributed by atoms with E-state index in [4.69, 9.17) is 0 Å². The molecular weight excluding hydrogens is 160 g/mol. The molecule has 1 unspecified atom stereocenters. The molecule has 0 spiro atoms. The van der Waals surface area contributed by atoms with E-state index in [2.05, 4.69) is 22.5 Å². The third-order valence-corrected chi connectivity index (χ3v) is 2.53. The van der Waals surface area contributed by atoms with Crippen molar-refractivity contribution in [1.82, 2.24) is 4.98 Å². The number of anilines is 1. The molecule has 1 aliphatic heterocycles. The number of pyridine rings is 1. The predicted molar refractivity (Wildman–Crippen MR) is 54.8 cm³/mol. The van der Waals surface area contributed by atoms with Gasteiger partial charge in [0.1, 0.15) is 5.82 Å². The Labute approximate surface area is 78.9 Å². The van der Waals surface area contributed by atoms with E-state index in [0.717, 1.165) is 18.9 Å². The van der Waals surface area contributed by atoms with Gasteiger partial charge >= 0.3 is 0 Å². The maximum absolute atomic E-state index is 4.32. The van der Waals surface area contributed by atoms with Crippen molar-refractivity contribution in [3.63, 3.8) is 0 Å². The fraction of sp³-hybridized carbons (Fsp3) is 0.364. The minimum atomic E-state index is 0.641. The zero-order valence-corrected chi connectivity index (χ0v) is 7.69.